The van der Waals surface area contributed by atoms with Crippen molar-refractivity contribution in [2.75, 3.05) is 13.2 Å². The topological polar surface area (TPSA) is 67.4 Å². The fourth-order valence-corrected chi connectivity index (χ4v) is 3.22. The van der Waals surface area contributed by atoms with Crippen LogP contribution >= 0.6 is 23.2 Å². The van der Waals surface area contributed by atoms with Gasteiger partial charge in [-0.05, 0) is 30.5 Å². The summed E-state index contributed by atoms with van der Waals surface area (Å²) in [7, 11) is 0. The van der Waals surface area contributed by atoms with E-state index in [1.807, 2.05) is 42.5 Å². The highest BCUT2D eigenvalue weighted by Crippen LogP contribution is 2.26. The number of ether oxygens (including phenoxy) is 1. The maximum Gasteiger partial charge on any atom is 0.253 e. The Balaban J connectivity index is 1.49. The molecule has 2 N–H and O–H groups in total. The van der Waals surface area contributed by atoms with E-state index in [2.05, 4.69) is 10.6 Å². The minimum absolute atomic E-state index is 0.155. The third-order valence-electron chi connectivity index (χ3n) is 4.35. The lowest BCUT2D eigenvalue weighted by Crippen LogP contribution is -2.45. The summed E-state index contributed by atoms with van der Waals surface area (Å²) in [6, 6.07) is 17.8. The fraction of sp³-hybridized carbons (Fsp3) is 0.182. The first-order valence-corrected chi connectivity index (χ1v) is 9.86. The lowest BCUT2D eigenvalue weighted by Gasteiger charge is -2.15. The molecule has 1 unspecified atom stereocenters. The smallest absolute Gasteiger partial charge is 0.253 e. The fourth-order valence-electron chi connectivity index (χ4n) is 2.83. The summed E-state index contributed by atoms with van der Waals surface area (Å²) in [5.74, 6) is -0.0283. The molecule has 29 heavy (non-hydrogen) atoms. The summed E-state index contributed by atoms with van der Waals surface area (Å²) in [4.78, 5) is 24.6. The van der Waals surface area contributed by atoms with E-state index in [0.717, 1.165) is 16.5 Å². The maximum atomic E-state index is 12.3. The summed E-state index contributed by atoms with van der Waals surface area (Å²) in [5, 5.41) is 7.89. The number of carbonyl (C=O) groups excluding carboxylic acids is 2. The molecule has 2 amide bonds. The molecule has 0 saturated carbocycles. The Morgan fingerprint density at radius 3 is 2.55 bits per heavy atom. The average molecular weight is 431 g/mol. The van der Waals surface area contributed by atoms with E-state index in [-0.39, 0.29) is 21.5 Å². The third kappa shape index (κ3) is 5.19. The molecule has 0 fully saturated rings. The second-order valence-corrected chi connectivity index (χ2v) is 7.20. The Morgan fingerprint density at radius 1 is 1.00 bits per heavy atom. The molecule has 0 aromatic heterocycles. The number of halogens is 2. The van der Waals surface area contributed by atoms with Crippen LogP contribution in [0.2, 0.25) is 10.0 Å². The second-order valence-electron chi connectivity index (χ2n) is 6.41. The molecular formula is C22H20Cl2N2O3. The highest BCUT2D eigenvalue weighted by Gasteiger charge is 2.19. The number of amides is 2. The Kier molecular flexibility index (Phi) is 6.96. The first kappa shape index (κ1) is 21.0. The predicted molar refractivity (Wildman–Crippen MR) is 116 cm³/mol. The van der Waals surface area contributed by atoms with Gasteiger partial charge in [0.15, 0.2) is 0 Å². The minimum atomic E-state index is -0.741. The molecule has 3 aromatic carbocycles. The van der Waals surface area contributed by atoms with Gasteiger partial charge in [-0.1, -0.05) is 65.7 Å². The largest absolute Gasteiger partial charge is 0.491 e. The van der Waals surface area contributed by atoms with Gasteiger partial charge in [-0.15, -0.1) is 0 Å². The Bertz CT molecular complexity index is 1030. The Hall–Kier alpha value is -2.76. The summed E-state index contributed by atoms with van der Waals surface area (Å²) >= 11 is 12.0. The molecule has 0 spiro atoms. The van der Waals surface area contributed by atoms with Crippen LogP contribution in [0.1, 0.15) is 17.3 Å². The SMILES string of the molecule is CC(NC(=O)c1cccc(Cl)c1Cl)C(=O)NCCOc1cccc2ccccc12. The number of benzene rings is 3. The van der Waals surface area contributed by atoms with E-state index in [9.17, 15) is 9.59 Å². The summed E-state index contributed by atoms with van der Waals surface area (Å²) in [5.41, 5.74) is 0.220. The van der Waals surface area contributed by atoms with Gasteiger partial charge in [-0.2, -0.15) is 0 Å². The lowest BCUT2D eigenvalue weighted by molar-refractivity contribution is -0.122. The molecule has 7 heteroatoms. The second kappa shape index (κ2) is 9.63. The number of hydrogen-bond donors (Lipinski definition) is 2. The number of fused-ring (bicyclic) bond motifs is 1. The molecule has 0 bridgehead atoms. The van der Waals surface area contributed by atoms with E-state index in [0.29, 0.717) is 13.2 Å². The molecule has 0 aliphatic carbocycles. The van der Waals surface area contributed by atoms with Gasteiger partial charge in [-0.25, -0.2) is 0 Å². The van der Waals surface area contributed by atoms with Gasteiger partial charge < -0.3 is 15.4 Å². The molecule has 0 saturated heterocycles. The molecule has 1 atom stereocenters. The average Bonchev–Trinajstić information content (AvgIpc) is 2.72. The third-order valence-corrected chi connectivity index (χ3v) is 5.16. The van der Waals surface area contributed by atoms with E-state index in [4.69, 9.17) is 27.9 Å². The molecule has 0 aliphatic heterocycles. The van der Waals surface area contributed by atoms with Crippen molar-refractivity contribution in [3.8, 4) is 5.75 Å². The van der Waals surface area contributed by atoms with E-state index in [1.54, 1.807) is 25.1 Å². The number of carbonyl (C=O) groups is 2. The molecule has 3 rings (SSSR count). The van der Waals surface area contributed by atoms with Gasteiger partial charge >= 0.3 is 0 Å². The zero-order chi connectivity index (χ0) is 20.8. The minimum Gasteiger partial charge on any atom is -0.491 e. The van der Waals surface area contributed by atoms with Crippen molar-refractivity contribution < 1.29 is 14.3 Å². The van der Waals surface area contributed by atoms with Crippen molar-refractivity contribution in [2.24, 2.45) is 0 Å². The van der Waals surface area contributed by atoms with Crippen LogP contribution in [0.5, 0.6) is 5.75 Å². The van der Waals surface area contributed by atoms with E-state index < -0.39 is 11.9 Å². The highest BCUT2D eigenvalue weighted by atomic mass is 35.5. The first-order chi connectivity index (χ1) is 14.0. The van der Waals surface area contributed by atoms with Crippen molar-refractivity contribution in [1.82, 2.24) is 10.6 Å². The standard InChI is InChI=1S/C22H20Cl2N2O3/c1-14(26-22(28)17-9-5-10-18(23)20(17)24)21(27)25-12-13-29-19-11-4-7-15-6-2-3-8-16(15)19/h2-11,14H,12-13H2,1H3,(H,25,27)(H,26,28). The van der Waals surface area contributed by atoms with Crippen LogP contribution in [0.4, 0.5) is 0 Å². The first-order valence-electron chi connectivity index (χ1n) is 9.10. The Labute approximate surface area is 179 Å². The van der Waals surface area contributed by atoms with Crippen molar-refractivity contribution in [1.29, 1.82) is 0 Å². The zero-order valence-corrected chi connectivity index (χ0v) is 17.3. The van der Waals surface area contributed by atoms with Crippen LogP contribution < -0.4 is 15.4 Å². The summed E-state index contributed by atoms with van der Waals surface area (Å²) in [6.45, 7) is 2.21. The van der Waals surface area contributed by atoms with Crippen molar-refractivity contribution in [2.45, 2.75) is 13.0 Å². The normalized spacial score (nSPS) is 11.7. The Morgan fingerprint density at radius 2 is 1.72 bits per heavy atom. The molecule has 0 radical (unpaired) electrons. The molecule has 3 aromatic rings. The van der Waals surface area contributed by atoms with Gasteiger partial charge in [0.25, 0.3) is 5.91 Å². The van der Waals surface area contributed by atoms with Crippen molar-refractivity contribution in [3.05, 3.63) is 76.3 Å². The van der Waals surface area contributed by atoms with Crippen LogP contribution in [0.15, 0.2) is 60.7 Å². The summed E-state index contributed by atoms with van der Waals surface area (Å²) in [6.07, 6.45) is 0. The lowest BCUT2D eigenvalue weighted by atomic mass is 10.1. The molecular weight excluding hydrogens is 411 g/mol. The number of rotatable bonds is 7. The van der Waals surface area contributed by atoms with Gasteiger partial charge in [0.1, 0.15) is 18.4 Å². The van der Waals surface area contributed by atoms with Crippen LogP contribution in [-0.4, -0.2) is 31.0 Å². The molecule has 5 nitrogen and oxygen atoms in total. The van der Waals surface area contributed by atoms with Crippen molar-refractivity contribution >= 4 is 45.8 Å². The maximum absolute atomic E-state index is 12.3. The van der Waals surface area contributed by atoms with Crippen LogP contribution in [0, 0.1) is 0 Å². The monoisotopic (exact) mass is 430 g/mol. The molecule has 0 heterocycles. The van der Waals surface area contributed by atoms with Crippen LogP contribution in [0.25, 0.3) is 10.8 Å². The highest BCUT2D eigenvalue weighted by molar-refractivity contribution is 6.43. The van der Waals surface area contributed by atoms with Gasteiger partial charge in [0.05, 0.1) is 22.2 Å². The van der Waals surface area contributed by atoms with Crippen LogP contribution in [0.3, 0.4) is 0 Å². The van der Waals surface area contributed by atoms with E-state index >= 15 is 0 Å². The van der Waals surface area contributed by atoms with Gasteiger partial charge in [0, 0.05) is 5.39 Å². The predicted octanol–water partition coefficient (Wildman–Crippen LogP) is 4.46. The quantitative estimate of drug-likeness (QED) is 0.543. The van der Waals surface area contributed by atoms with Crippen molar-refractivity contribution in [3.63, 3.8) is 0 Å². The number of hydrogen-bond acceptors (Lipinski definition) is 3. The molecule has 0 aliphatic rings. The number of nitrogens with one attached hydrogen (secondary N) is 2. The van der Waals surface area contributed by atoms with Gasteiger partial charge in [0.2, 0.25) is 5.91 Å². The van der Waals surface area contributed by atoms with Gasteiger partial charge in [-0.3, -0.25) is 9.59 Å². The zero-order valence-electron chi connectivity index (χ0n) is 15.7. The summed E-state index contributed by atoms with van der Waals surface area (Å²) < 4.78 is 5.79. The van der Waals surface area contributed by atoms with Crippen LogP contribution in [-0.2, 0) is 4.79 Å². The molecule has 150 valence electrons. The van der Waals surface area contributed by atoms with E-state index in [1.165, 1.54) is 0 Å².